The molecular weight excluding hydrogens is 304 g/mol. The highest BCUT2D eigenvalue weighted by Crippen LogP contribution is 2.25. The SMILES string of the molecule is COCCn1ccnc1[C@H]1CCCN(CCC(=O)NC(C)(C)C)C1. The van der Waals surface area contributed by atoms with Crippen molar-refractivity contribution in [2.45, 2.75) is 58.0 Å². The van der Waals surface area contributed by atoms with Crippen molar-refractivity contribution < 1.29 is 9.53 Å². The number of aromatic nitrogens is 2. The average Bonchev–Trinajstić information content (AvgIpc) is 2.98. The fourth-order valence-corrected chi connectivity index (χ4v) is 3.27. The Kier molecular flexibility index (Phi) is 6.80. The summed E-state index contributed by atoms with van der Waals surface area (Å²) in [5.41, 5.74) is -0.159. The fourth-order valence-electron chi connectivity index (χ4n) is 3.27. The lowest BCUT2D eigenvalue weighted by Gasteiger charge is -2.32. The van der Waals surface area contributed by atoms with Gasteiger partial charge in [0.15, 0.2) is 0 Å². The molecule has 1 aliphatic rings. The zero-order valence-corrected chi connectivity index (χ0v) is 15.5. The van der Waals surface area contributed by atoms with Gasteiger partial charge in [-0.2, -0.15) is 0 Å². The van der Waals surface area contributed by atoms with E-state index in [1.807, 2.05) is 33.2 Å². The van der Waals surface area contributed by atoms with Crippen molar-refractivity contribution in [1.82, 2.24) is 19.8 Å². The van der Waals surface area contributed by atoms with Gasteiger partial charge < -0.3 is 19.5 Å². The molecule has 0 bridgehead atoms. The molecule has 0 spiro atoms. The summed E-state index contributed by atoms with van der Waals surface area (Å²) in [6.07, 6.45) is 6.78. The molecule has 1 atom stereocenters. The maximum absolute atomic E-state index is 12.0. The number of methoxy groups -OCH3 is 1. The molecule has 24 heavy (non-hydrogen) atoms. The molecular formula is C18H32N4O2. The summed E-state index contributed by atoms with van der Waals surface area (Å²) >= 11 is 0. The Bertz CT molecular complexity index is 521. The first-order chi connectivity index (χ1) is 11.4. The molecule has 6 heteroatoms. The minimum absolute atomic E-state index is 0.131. The van der Waals surface area contributed by atoms with E-state index in [4.69, 9.17) is 4.74 Å². The highest BCUT2D eigenvalue weighted by Gasteiger charge is 2.25. The van der Waals surface area contributed by atoms with Crippen LogP contribution in [0.5, 0.6) is 0 Å². The second-order valence-electron chi connectivity index (χ2n) is 7.66. The van der Waals surface area contributed by atoms with Crippen molar-refractivity contribution in [2.75, 3.05) is 33.4 Å². The maximum Gasteiger partial charge on any atom is 0.221 e. The third kappa shape index (κ3) is 5.91. The molecule has 1 saturated heterocycles. The van der Waals surface area contributed by atoms with Crippen molar-refractivity contribution >= 4 is 5.91 Å². The van der Waals surface area contributed by atoms with E-state index in [9.17, 15) is 4.79 Å². The predicted octanol–water partition coefficient (Wildman–Crippen LogP) is 2.01. The number of nitrogens with one attached hydrogen (secondary N) is 1. The number of amides is 1. The maximum atomic E-state index is 12.0. The van der Waals surface area contributed by atoms with Crippen molar-refractivity contribution in [1.29, 1.82) is 0 Å². The first-order valence-corrected chi connectivity index (χ1v) is 8.92. The molecule has 2 rings (SSSR count). The molecule has 136 valence electrons. The van der Waals surface area contributed by atoms with Crippen molar-refractivity contribution in [2.24, 2.45) is 0 Å². The largest absolute Gasteiger partial charge is 0.383 e. The minimum atomic E-state index is -0.159. The quantitative estimate of drug-likeness (QED) is 0.827. The van der Waals surface area contributed by atoms with Crippen LogP contribution >= 0.6 is 0 Å². The molecule has 6 nitrogen and oxygen atoms in total. The van der Waals surface area contributed by atoms with Gasteiger partial charge in [-0.05, 0) is 40.2 Å². The van der Waals surface area contributed by atoms with E-state index in [1.54, 1.807) is 7.11 Å². The Hall–Kier alpha value is -1.40. The second-order valence-corrected chi connectivity index (χ2v) is 7.66. The van der Waals surface area contributed by atoms with Crippen molar-refractivity contribution in [3.63, 3.8) is 0 Å². The summed E-state index contributed by atoms with van der Waals surface area (Å²) < 4.78 is 7.38. The Morgan fingerprint density at radius 2 is 2.21 bits per heavy atom. The molecule has 0 aliphatic carbocycles. The van der Waals surface area contributed by atoms with E-state index < -0.39 is 0 Å². The molecule has 1 amide bonds. The summed E-state index contributed by atoms with van der Waals surface area (Å²) in [5, 5.41) is 3.03. The van der Waals surface area contributed by atoms with Crippen LogP contribution in [0, 0.1) is 0 Å². The standard InChI is InChI=1S/C18H32N4O2/c1-18(2,3)20-16(23)7-10-21-9-5-6-15(14-21)17-19-8-11-22(17)12-13-24-4/h8,11,15H,5-7,9-10,12-14H2,1-4H3,(H,20,23)/t15-/m0/s1. The van der Waals surface area contributed by atoms with Crippen LogP contribution in [0.3, 0.4) is 0 Å². The normalized spacial score (nSPS) is 19.4. The van der Waals surface area contributed by atoms with Crippen LogP contribution in [0.25, 0.3) is 0 Å². The van der Waals surface area contributed by atoms with Crippen LogP contribution in [0.15, 0.2) is 12.4 Å². The van der Waals surface area contributed by atoms with Gasteiger partial charge >= 0.3 is 0 Å². The van der Waals surface area contributed by atoms with Gasteiger partial charge in [0.05, 0.1) is 6.61 Å². The molecule has 1 aromatic rings. The monoisotopic (exact) mass is 336 g/mol. The molecule has 1 fully saturated rings. The minimum Gasteiger partial charge on any atom is -0.383 e. The van der Waals surface area contributed by atoms with Gasteiger partial charge in [0.1, 0.15) is 5.82 Å². The van der Waals surface area contributed by atoms with E-state index in [-0.39, 0.29) is 11.4 Å². The van der Waals surface area contributed by atoms with Gasteiger partial charge in [-0.1, -0.05) is 0 Å². The lowest BCUT2D eigenvalue weighted by atomic mass is 9.97. The second kappa shape index (κ2) is 8.62. The van der Waals surface area contributed by atoms with Crippen LogP contribution in [-0.4, -0.2) is 59.2 Å². The zero-order chi connectivity index (χ0) is 17.6. The number of ether oxygens (including phenoxy) is 1. The zero-order valence-electron chi connectivity index (χ0n) is 15.5. The summed E-state index contributed by atoms with van der Waals surface area (Å²) in [6, 6.07) is 0. The van der Waals surface area contributed by atoms with Crippen molar-refractivity contribution in [3.8, 4) is 0 Å². The lowest BCUT2D eigenvalue weighted by molar-refractivity contribution is -0.122. The number of likely N-dealkylation sites (tertiary alicyclic amines) is 1. The molecule has 1 N–H and O–H groups in total. The molecule has 0 saturated carbocycles. The molecule has 0 radical (unpaired) electrons. The molecule has 0 unspecified atom stereocenters. The first-order valence-electron chi connectivity index (χ1n) is 8.92. The van der Waals surface area contributed by atoms with E-state index in [2.05, 4.69) is 19.8 Å². The van der Waals surface area contributed by atoms with Gasteiger partial charge in [-0.25, -0.2) is 4.98 Å². The van der Waals surface area contributed by atoms with Gasteiger partial charge in [0, 0.05) is 57.0 Å². The van der Waals surface area contributed by atoms with Crippen LogP contribution in [0.1, 0.15) is 51.8 Å². The number of carbonyl (C=O) groups excluding carboxylic acids is 1. The fraction of sp³-hybridized carbons (Fsp3) is 0.778. The van der Waals surface area contributed by atoms with Gasteiger partial charge in [-0.15, -0.1) is 0 Å². The third-order valence-electron chi connectivity index (χ3n) is 4.32. The molecule has 2 heterocycles. The number of piperidine rings is 1. The highest BCUT2D eigenvalue weighted by molar-refractivity contribution is 5.76. The Balaban J connectivity index is 1.86. The molecule has 1 aromatic heterocycles. The van der Waals surface area contributed by atoms with Crippen molar-refractivity contribution in [3.05, 3.63) is 18.2 Å². The Morgan fingerprint density at radius 3 is 2.92 bits per heavy atom. The highest BCUT2D eigenvalue weighted by atomic mass is 16.5. The first kappa shape index (κ1) is 18.9. The number of rotatable bonds is 7. The van der Waals surface area contributed by atoms with Gasteiger partial charge in [-0.3, -0.25) is 4.79 Å². The Labute approximate surface area is 145 Å². The van der Waals surface area contributed by atoms with Crippen LogP contribution in [-0.2, 0) is 16.1 Å². The number of imidazole rings is 1. The van der Waals surface area contributed by atoms with E-state index >= 15 is 0 Å². The summed E-state index contributed by atoms with van der Waals surface area (Å²) in [6.45, 7) is 10.5. The van der Waals surface area contributed by atoms with E-state index in [1.165, 1.54) is 0 Å². The number of hydrogen-bond donors (Lipinski definition) is 1. The van der Waals surface area contributed by atoms with Crippen LogP contribution < -0.4 is 5.32 Å². The molecule has 1 aliphatic heterocycles. The van der Waals surface area contributed by atoms with Gasteiger partial charge in [0.25, 0.3) is 0 Å². The van der Waals surface area contributed by atoms with E-state index in [0.29, 0.717) is 18.9 Å². The van der Waals surface area contributed by atoms with Crippen LogP contribution in [0.4, 0.5) is 0 Å². The van der Waals surface area contributed by atoms with E-state index in [0.717, 1.165) is 44.8 Å². The van der Waals surface area contributed by atoms with Crippen LogP contribution in [0.2, 0.25) is 0 Å². The summed E-state index contributed by atoms with van der Waals surface area (Å²) in [4.78, 5) is 19.0. The predicted molar refractivity (Wildman–Crippen MR) is 95.0 cm³/mol. The third-order valence-corrected chi connectivity index (χ3v) is 4.32. The Morgan fingerprint density at radius 1 is 1.42 bits per heavy atom. The topological polar surface area (TPSA) is 59.4 Å². The average molecular weight is 336 g/mol. The summed E-state index contributed by atoms with van der Waals surface area (Å²) in [7, 11) is 1.72. The number of hydrogen-bond acceptors (Lipinski definition) is 4. The number of nitrogens with zero attached hydrogens (tertiary/aromatic N) is 3. The lowest BCUT2D eigenvalue weighted by Crippen LogP contribution is -2.43. The molecule has 0 aromatic carbocycles. The van der Waals surface area contributed by atoms with Gasteiger partial charge in [0.2, 0.25) is 5.91 Å². The number of carbonyl (C=O) groups is 1. The smallest absolute Gasteiger partial charge is 0.221 e. The summed E-state index contributed by atoms with van der Waals surface area (Å²) in [5.74, 6) is 1.72.